The molecule has 2 aromatic carbocycles. The molecule has 0 aromatic heterocycles. The van der Waals surface area contributed by atoms with Crippen LogP contribution in [0.2, 0.25) is 0 Å². The molecule has 16 nitrogen and oxygen atoms in total. The number of phenols is 2. The number of carbonyl (C=O) groups excluding carboxylic acids is 3. The number of ether oxygens (including phenoxy) is 3. The van der Waals surface area contributed by atoms with Gasteiger partial charge in [-0.1, -0.05) is 12.1 Å². The molecular formula is C31H34NNaO15. The van der Waals surface area contributed by atoms with E-state index in [0.29, 0.717) is 0 Å². The van der Waals surface area contributed by atoms with Gasteiger partial charge in [-0.15, -0.1) is 0 Å². The molecule has 48 heavy (non-hydrogen) atoms. The average molecular weight is 684 g/mol. The largest absolute Gasteiger partial charge is 1.00 e. The van der Waals surface area contributed by atoms with Crippen LogP contribution < -0.4 is 39.6 Å². The van der Waals surface area contributed by atoms with Crippen molar-refractivity contribution in [1.82, 2.24) is 5.32 Å². The summed E-state index contributed by atoms with van der Waals surface area (Å²) in [5, 5.41) is 76.0. The maximum absolute atomic E-state index is 13.8. The van der Waals surface area contributed by atoms with Crippen LogP contribution in [0, 0.1) is 0 Å². The van der Waals surface area contributed by atoms with Crippen molar-refractivity contribution in [2.45, 2.75) is 74.9 Å². The molecule has 0 amide bonds. The van der Waals surface area contributed by atoms with E-state index in [1.807, 2.05) is 0 Å². The Morgan fingerprint density at radius 1 is 1.10 bits per heavy atom. The van der Waals surface area contributed by atoms with Gasteiger partial charge >= 0.3 is 41.5 Å². The number of ketones is 3. The summed E-state index contributed by atoms with van der Waals surface area (Å²) in [5.74, 6) is -7.23. The molecule has 2 aliphatic carbocycles. The van der Waals surface area contributed by atoms with Crippen LogP contribution in [0.4, 0.5) is 0 Å². The van der Waals surface area contributed by atoms with Crippen molar-refractivity contribution >= 4 is 29.3 Å². The zero-order valence-electron chi connectivity index (χ0n) is 27.1. The Bertz CT molecular complexity index is 1680. The van der Waals surface area contributed by atoms with E-state index < -0.39 is 120 Å². The van der Waals surface area contributed by atoms with E-state index >= 15 is 0 Å². The summed E-state index contributed by atoms with van der Waals surface area (Å²) in [5.41, 5.74) is -4.37. The van der Waals surface area contributed by atoms with Gasteiger partial charge in [-0.3, -0.25) is 29.3 Å². The van der Waals surface area contributed by atoms with E-state index in [-0.39, 0.29) is 65.4 Å². The minimum Gasteiger partial charge on any atom is -1.00 e. The first-order chi connectivity index (χ1) is 22.1. The van der Waals surface area contributed by atoms with Crippen molar-refractivity contribution in [2.75, 3.05) is 13.7 Å². The summed E-state index contributed by atoms with van der Waals surface area (Å²) in [4.78, 5) is 63.1. The molecule has 0 radical (unpaired) electrons. The zero-order valence-corrected chi connectivity index (χ0v) is 28.1. The average Bonchev–Trinajstić information content (AvgIpc) is 3.02. The monoisotopic (exact) mass is 683 g/mol. The number of carboxylic acids is 2. The van der Waals surface area contributed by atoms with Crippen molar-refractivity contribution in [2.24, 2.45) is 0 Å². The van der Waals surface area contributed by atoms with Gasteiger partial charge in [-0.25, -0.2) is 0 Å². The van der Waals surface area contributed by atoms with E-state index in [2.05, 4.69) is 5.32 Å². The third-order valence-electron chi connectivity index (χ3n) is 8.85. The molecule has 8 N–H and O–H groups in total. The summed E-state index contributed by atoms with van der Waals surface area (Å²) >= 11 is 0. The normalized spacial score (nSPS) is 26.7. The molecule has 0 saturated carbocycles. The van der Waals surface area contributed by atoms with E-state index in [9.17, 15) is 54.6 Å². The number of hydrogen-bond acceptors (Lipinski definition) is 14. The number of phenolic OH excluding ortho intramolecular Hbond substituents is 2. The molecule has 1 fully saturated rings. The van der Waals surface area contributed by atoms with Crippen molar-refractivity contribution < 1.29 is 105 Å². The molecule has 1 aliphatic heterocycles. The Morgan fingerprint density at radius 2 is 1.77 bits per heavy atom. The van der Waals surface area contributed by atoms with Gasteiger partial charge < -0.3 is 51.4 Å². The van der Waals surface area contributed by atoms with Crippen LogP contribution in [-0.4, -0.2) is 115 Å². The van der Waals surface area contributed by atoms with Crippen molar-refractivity contribution in [3.63, 3.8) is 0 Å². The third-order valence-corrected chi connectivity index (χ3v) is 8.85. The van der Waals surface area contributed by atoms with E-state index in [1.54, 1.807) is 0 Å². The number of fused-ring (bicyclic) bond motifs is 3. The smallest absolute Gasteiger partial charge is 1.00 e. The number of nitrogens with one attached hydrogen (secondary N) is 1. The summed E-state index contributed by atoms with van der Waals surface area (Å²) in [6.45, 7) is 0.313. The van der Waals surface area contributed by atoms with Crippen LogP contribution >= 0.6 is 0 Å². The molecule has 1 saturated heterocycles. The number of rotatable bonds is 10. The molecule has 2 aromatic rings. The first-order valence-electron chi connectivity index (χ1n) is 14.6. The van der Waals surface area contributed by atoms with Crippen molar-refractivity contribution in [3.8, 4) is 17.2 Å². The minimum atomic E-state index is -2.39. The number of carbonyl (C=O) groups is 5. The maximum atomic E-state index is 13.8. The van der Waals surface area contributed by atoms with Crippen molar-refractivity contribution in [1.29, 1.82) is 0 Å². The van der Waals surface area contributed by atoms with Crippen LogP contribution in [0.15, 0.2) is 18.2 Å². The summed E-state index contributed by atoms with van der Waals surface area (Å²) in [6.07, 6.45) is -7.68. The third kappa shape index (κ3) is 6.47. The van der Waals surface area contributed by atoms with Gasteiger partial charge in [0.05, 0.1) is 48.5 Å². The molecule has 5 rings (SSSR count). The molecule has 5 unspecified atom stereocenters. The molecule has 1 heterocycles. The minimum absolute atomic E-state index is 0. The quantitative estimate of drug-likeness (QED) is 0.0767. The van der Waals surface area contributed by atoms with Crippen LogP contribution in [0.1, 0.15) is 76.7 Å². The SMILES string of the molecule is COc1cccc2c1C(=O)c1c(O)c3c(c(O)c1C2=O)C[C@@](O)(C(=O)CO)C[C@@H]3OC1CC(NC(CC(=O)O)C(=O)O)C(O)C(C)O1.[H-].[Na+]. The number of methoxy groups -OCH3 is 1. The number of aliphatic carboxylic acids is 2. The Labute approximate surface area is 296 Å². The van der Waals surface area contributed by atoms with E-state index in [0.717, 1.165) is 0 Å². The molecule has 0 bridgehead atoms. The van der Waals surface area contributed by atoms with E-state index in [4.69, 9.17) is 19.3 Å². The number of aliphatic hydroxyl groups is 3. The maximum Gasteiger partial charge on any atom is 1.00 e. The van der Waals surface area contributed by atoms with Crippen LogP contribution in [0.25, 0.3) is 0 Å². The van der Waals surface area contributed by atoms with E-state index in [1.165, 1.54) is 32.2 Å². The second kappa shape index (κ2) is 14.2. The Balaban J connectivity index is 0.00000325. The fourth-order valence-corrected chi connectivity index (χ4v) is 6.53. The molecule has 254 valence electrons. The first-order valence-corrected chi connectivity index (χ1v) is 14.6. The van der Waals surface area contributed by atoms with Crippen LogP contribution in [-0.2, 0) is 30.3 Å². The van der Waals surface area contributed by atoms with Gasteiger partial charge in [0.15, 0.2) is 17.9 Å². The molecule has 0 spiro atoms. The molecular weight excluding hydrogens is 649 g/mol. The first kappa shape index (κ1) is 37.4. The zero-order chi connectivity index (χ0) is 34.5. The number of benzene rings is 2. The standard InChI is InChI=1S/C31H33NO15.Na.H/c1-11-25(37)14(32-15(30(42)43)6-19(35)36)7-20(46-11)47-17-9-31(44,18(34)10-33)8-13-22(17)29(41)24-23(27(13)39)26(38)12-4-3-5-16(45-2)21(12)28(24)40;;/h3-5,11,14-15,17,20,25,32-33,37,39,41,44H,6-10H2,1-2H3,(H,35,36)(H,42,43);;/q;+1;-1/t11?,14?,15?,17-,20?,25?,31-;;/m0../s1. The number of Topliss-reactive ketones (excluding diaryl/α,β-unsaturated/α-hetero) is 1. The van der Waals surface area contributed by atoms with Crippen LogP contribution in [0.3, 0.4) is 0 Å². The van der Waals surface area contributed by atoms with Gasteiger partial charge in [0.25, 0.3) is 0 Å². The second-order valence-corrected chi connectivity index (χ2v) is 11.8. The molecule has 17 heteroatoms. The van der Waals surface area contributed by atoms with Crippen molar-refractivity contribution in [3.05, 3.63) is 51.6 Å². The Morgan fingerprint density at radius 3 is 2.38 bits per heavy atom. The topological polar surface area (TPSA) is 267 Å². The second-order valence-electron chi connectivity index (χ2n) is 11.8. The Hall–Kier alpha value is -3.45. The van der Waals surface area contributed by atoms with Gasteiger partial charge in [-0.2, -0.15) is 0 Å². The molecule has 7 atom stereocenters. The Kier molecular flexibility index (Phi) is 11.0. The summed E-state index contributed by atoms with van der Waals surface area (Å²) in [6, 6.07) is 1.52. The summed E-state index contributed by atoms with van der Waals surface area (Å²) in [7, 11) is 1.28. The molecule has 3 aliphatic rings. The number of aromatic hydroxyl groups is 2. The number of aliphatic hydroxyl groups excluding tert-OH is 2. The van der Waals surface area contributed by atoms with Gasteiger partial charge in [0, 0.05) is 42.0 Å². The van der Waals surface area contributed by atoms with Crippen LogP contribution in [0.5, 0.6) is 17.2 Å². The number of hydrogen-bond donors (Lipinski definition) is 8. The number of carboxylic acid groups (broad SMARTS) is 2. The van der Waals surface area contributed by atoms with Gasteiger partial charge in [0.1, 0.15) is 35.5 Å². The fraction of sp³-hybridized carbons (Fsp3) is 0.452. The predicted molar refractivity (Wildman–Crippen MR) is 155 cm³/mol. The predicted octanol–water partition coefficient (Wildman–Crippen LogP) is -3.32. The fourth-order valence-electron chi connectivity index (χ4n) is 6.53. The van der Waals surface area contributed by atoms with Gasteiger partial charge in [0.2, 0.25) is 5.78 Å². The summed E-state index contributed by atoms with van der Waals surface area (Å²) < 4.78 is 17.1. The van der Waals surface area contributed by atoms with Gasteiger partial charge in [-0.05, 0) is 13.0 Å².